The fourth-order valence-corrected chi connectivity index (χ4v) is 0.948. The summed E-state index contributed by atoms with van der Waals surface area (Å²) in [5, 5.41) is 10.6. The molecule has 0 aromatic carbocycles. The lowest BCUT2D eigenvalue weighted by Crippen LogP contribution is -2.37. The van der Waals surface area contributed by atoms with Crippen molar-refractivity contribution in [2.45, 2.75) is 18.9 Å². The van der Waals surface area contributed by atoms with Gasteiger partial charge < -0.3 is 5.11 Å². The molecule has 4 heteroatoms. The van der Waals surface area contributed by atoms with Gasteiger partial charge in [0.2, 0.25) is 0 Å². The molecule has 54 valence electrons. The van der Waals surface area contributed by atoms with Gasteiger partial charge in [-0.2, -0.15) is 11.0 Å². The van der Waals surface area contributed by atoms with E-state index in [2.05, 4.69) is 4.94 Å². The third-order valence-electron chi connectivity index (χ3n) is 1.57. The van der Waals surface area contributed by atoms with Crippen LogP contribution in [0.25, 0.3) is 0 Å². The molecule has 1 rings (SSSR count). The van der Waals surface area contributed by atoms with Crippen LogP contribution < -0.4 is 5.90 Å². The molecule has 0 bridgehead atoms. The summed E-state index contributed by atoms with van der Waals surface area (Å²) in [7, 11) is 0. The van der Waals surface area contributed by atoms with Crippen molar-refractivity contribution in [3.63, 3.8) is 0 Å². The molecule has 0 aromatic rings. The Bertz CT molecular complexity index is 81.0. The average Bonchev–Trinajstić information content (AvgIpc) is 1.90. The van der Waals surface area contributed by atoms with Crippen molar-refractivity contribution >= 4 is 0 Å². The van der Waals surface area contributed by atoms with Crippen molar-refractivity contribution in [1.29, 1.82) is 0 Å². The molecule has 3 N–H and O–H groups in total. The quantitative estimate of drug-likeness (QED) is 0.461. The second-order valence-corrected chi connectivity index (χ2v) is 2.27. The molecule has 0 amide bonds. The maximum Gasteiger partial charge on any atom is 0.0566 e. The Balaban J connectivity index is 2.18. The Morgan fingerprint density at radius 1 is 1.44 bits per heavy atom. The van der Waals surface area contributed by atoms with Crippen LogP contribution in [-0.2, 0) is 4.94 Å². The summed E-state index contributed by atoms with van der Waals surface area (Å²) in [6, 6.07) is 0. The first-order valence-electron chi connectivity index (χ1n) is 3.13. The molecule has 0 saturated carbocycles. The van der Waals surface area contributed by atoms with E-state index >= 15 is 0 Å². The van der Waals surface area contributed by atoms with Gasteiger partial charge in [-0.05, 0) is 12.8 Å². The van der Waals surface area contributed by atoms with Crippen molar-refractivity contribution < 1.29 is 10.0 Å². The molecule has 9 heavy (non-hydrogen) atoms. The first-order valence-corrected chi connectivity index (χ1v) is 3.13. The minimum Gasteiger partial charge on any atom is -0.393 e. The van der Waals surface area contributed by atoms with Crippen LogP contribution in [0.4, 0.5) is 0 Å². The molecule has 0 aromatic heterocycles. The highest BCUT2D eigenvalue weighted by atomic mass is 16.8. The van der Waals surface area contributed by atoms with Gasteiger partial charge >= 0.3 is 0 Å². The number of rotatable bonds is 1. The fraction of sp³-hybridized carbons (Fsp3) is 1.00. The van der Waals surface area contributed by atoms with Gasteiger partial charge in [0.05, 0.1) is 6.10 Å². The van der Waals surface area contributed by atoms with Crippen molar-refractivity contribution in [2.24, 2.45) is 5.90 Å². The van der Waals surface area contributed by atoms with Crippen molar-refractivity contribution in [1.82, 2.24) is 5.06 Å². The van der Waals surface area contributed by atoms with Crippen LogP contribution in [0.15, 0.2) is 0 Å². The van der Waals surface area contributed by atoms with Crippen LogP contribution >= 0.6 is 0 Å². The van der Waals surface area contributed by atoms with Crippen LogP contribution in [0.3, 0.4) is 0 Å². The molecule has 4 nitrogen and oxygen atoms in total. The number of aliphatic hydroxyl groups is 1. The predicted octanol–water partition coefficient (Wildman–Crippen LogP) is -0.752. The summed E-state index contributed by atoms with van der Waals surface area (Å²) in [5.74, 6) is 4.89. The average molecular weight is 132 g/mol. The van der Waals surface area contributed by atoms with E-state index in [-0.39, 0.29) is 6.10 Å². The molecule has 1 aliphatic heterocycles. The second-order valence-electron chi connectivity index (χ2n) is 2.27. The Hall–Kier alpha value is -0.160. The van der Waals surface area contributed by atoms with E-state index in [0.717, 1.165) is 25.9 Å². The second kappa shape index (κ2) is 3.12. The molecular weight excluding hydrogens is 120 g/mol. The minimum atomic E-state index is -0.156. The van der Waals surface area contributed by atoms with Crippen LogP contribution in [0, 0.1) is 0 Å². The Morgan fingerprint density at radius 2 is 2.00 bits per heavy atom. The van der Waals surface area contributed by atoms with E-state index in [4.69, 9.17) is 11.0 Å². The zero-order valence-electron chi connectivity index (χ0n) is 5.29. The minimum absolute atomic E-state index is 0.156. The molecule has 1 saturated heterocycles. The summed E-state index contributed by atoms with van der Waals surface area (Å²) >= 11 is 0. The lowest BCUT2D eigenvalue weighted by molar-refractivity contribution is -0.183. The van der Waals surface area contributed by atoms with Crippen molar-refractivity contribution in [3.8, 4) is 0 Å². The molecule has 1 aliphatic rings. The van der Waals surface area contributed by atoms with Gasteiger partial charge in [0.25, 0.3) is 0 Å². The Morgan fingerprint density at radius 3 is 2.44 bits per heavy atom. The van der Waals surface area contributed by atoms with E-state index in [0.29, 0.717) is 0 Å². The van der Waals surface area contributed by atoms with Crippen LogP contribution in [0.2, 0.25) is 0 Å². The zero-order valence-corrected chi connectivity index (χ0v) is 5.29. The maximum absolute atomic E-state index is 9.00. The smallest absolute Gasteiger partial charge is 0.0566 e. The van der Waals surface area contributed by atoms with Crippen LogP contribution in [0.5, 0.6) is 0 Å². The first-order chi connectivity index (χ1) is 4.33. The SMILES string of the molecule is NON1CCC(O)CC1. The molecule has 0 aliphatic carbocycles. The summed E-state index contributed by atoms with van der Waals surface area (Å²) in [5.41, 5.74) is 0. The maximum atomic E-state index is 9.00. The van der Waals surface area contributed by atoms with Crippen molar-refractivity contribution in [3.05, 3.63) is 0 Å². The first kappa shape index (κ1) is 6.95. The number of aliphatic hydroxyl groups excluding tert-OH is 1. The number of hydrogen-bond acceptors (Lipinski definition) is 4. The topological polar surface area (TPSA) is 58.7 Å². The number of piperidine rings is 1. The molecular formula is C5H12N2O2. The summed E-state index contributed by atoms with van der Waals surface area (Å²) in [6.45, 7) is 1.47. The van der Waals surface area contributed by atoms with E-state index in [1.165, 1.54) is 0 Å². The van der Waals surface area contributed by atoms with E-state index in [1.54, 1.807) is 5.06 Å². The third-order valence-corrected chi connectivity index (χ3v) is 1.57. The highest BCUT2D eigenvalue weighted by molar-refractivity contribution is 4.64. The van der Waals surface area contributed by atoms with E-state index < -0.39 is 0 Å². The Kier molecular flexibility index (Phi) is 2.41. The predicted molar refractivity (Wildman–Crippen MR) is 32.1 cm³/mol. The third kappa shape index (κ3) is 1.91. The number of hydroxylamine groups is 2. The highest BCUT2D eigenvalue weighted by Crippen LogP contribution is 2.07. The van der Waals surface area contributed by atoms with Gasteiger partial charge in [0.1, 0.15) is 0 Å². The van der Waals surface area contributed by atoms with E-state index in [9.17, 15) is 0 Å². The van der Waals surface area contributed by atoms with Crippen LogP contribution in [-0.4, -0.2) is 29.4 Å². The van der Waals surface area contributed by atoms with Crippen molar-refractivity contribution in [2.75, 3.05) is 13.1 Å². The summed E-state index contributed by atoms with van der Waals surface area (Å²) < 4.78 is 0. The van der Waals surface area contributed by atoms with E-state index in [1.807, 2.05) is 0 Å². The molecule has 0 unspecified atom stereocenters. The van der Waals surface area contributed by atoms with Gasteiger partial charge in [0.15, 0.2) is 0 Å². The Labute approximate surface area is 54.1 Å². The lowest BCUT2D eigenvalue weighted by atomic mass is 10.1. The number of nitrogens with zero attached hydrogens (tertiary/aromatic N) is 1. The normalized spacial score (nSPS) is 24.7. The van der Waals surface area contributed by atoms with Gasteiger partial charge in [-0.15, -0.1) is 0 Å². The van der Waals surface area contributed by atoms with Gasteiger partial charge in [-0.25, -0.2) is 4.94 Å². The van der Waals surface area contributed by atoms with Gasteiger partial charge in [-0.3, -0.25) is 0 Å². The van der Waals surface area contributed by atoms with Gasteiger partial charge in [-0.1, -0.05) is 0 Å². The molecule has 1 heterocycles. The van der Waals surface area contributed by atoms with Crippen LogP contribution in [0.1, 0.15) is 12.8 Å². The number of nitrogens with two attached hydrogens (primary N) is 1. The monoisotopic (exact) mass is 132 g/mol. The molecule has 0 spiro atoms. The highest BCUT2D eigenvalue weighted by Gasteiger charge is 2.16. The molecule has 1 fully saturated rings. The zero-order chi connectivity index (χ0) is 6.69. The lowest BCUT2D eigenvalue weighted by Gasteiger charge is -2.25. The van der Waals surface area contributed by atoms with Gasteiger partial charge in [0, 0.05) is 13.1 Å². The molecule has 0 radical (unpaired) electrons. The summed E-state index contributed by atoms with van der Waals surface area (Å²) in [6.07, 6.45) is 1.37. The fourth-order valence-electron chi connectivity index (χ4n) is 0.948. The molecule has 0 atom stereocenters. The summed E-state index contributed by atoms with van der Waals surface area (Å²) in [4.78, 5) is 4.46. The number of hydrogen-bond donors (Lipinski definition) is 2. The standard InChI is InChI=1S/C5H12N2O2/c6-9-7-3-1-5(8)2-4-7/h5,8H,1-4,6H2. The largest absolute Gasteiger partial charge is 0.393 e.